The highest BCUT2D eigenvalue weighted by atomic mass is 16.3. The van der Waals surface area contributed by atoms with Crippen LogP contribution in [0.1, 0.15) is 13.8 Å². The highest BCUT2D eigenvalue weighted by Crippen LogP contribution is 2.02. The highest BCUT2D eigenvalue weighted by Gasteiger charge is 2.20. The number of carbonyl (C=O) groups excluding carboxylic acids is 1. The molecular formula is C7H12N2O2. The van der Waals surface area contributed by atoms with Crippen LogP contribution in [0.5, 0.6) is 0 Å². The summed E-state index contributed by atoms with van der Waals surface area (Å²) in [5, 5.41) is 10.4. The Labute approximate surface area is 65.5 Å². The van der Waals surface area contributed by atoms with E-state index >= 15 is 0 Å². The lowest BCUT2D eigenvalue weighted by Crippen LogP contribution is -2.53. The molecule has 2 N–H and O–H groups in total. The number of hydrogen-bond acceptors (Lipinski definition) is 3. The van der Waals surface area contributed by atoms with E-state index in [9.17, 15) is 4.79 Å². The first-order valence-electron chi connectivity index (χ1n) is 3.57. The molecule has 0 aromatic rings. The fourth-order valence-electron chi connectivity index (χ4n) is 0.906. The molecule has 1 atom stereocenters. The average Bonchev–Trinajstić information content (AvgIpc) is 1.94. The fraction of sp³-hybridized carbons (Fsp3) is 0.571. The molecule has 62 valence electrons. The van der Waals surface area contributed by atoms with Crippen molar-refractivity contribution in [1.29, 1.82) is 0 Å². The van der Waals surface area contributed by atoms with Gasteiger partial charge in [-0.2, -0.15) is 5.43 Å². The summed E-state index contributed by atoms with van der Waals surface area (Å²) in [6.45, 7) is 3.74. The third-order valence-electron chi connectivity index (χ3n) is 1.45. The molecule has 1 heterocycles. The minimum atomic E-state index is -0.741. The van der Waals surface area contributed by atoms with Gasteiger partial charge in [-0.3, -0.25) is 9.80 Å². The van der Waals surface area contributed by atoms with Crippen LogP contribution >= 0.6 is 0 Å². The second-order valence-corrected chi connectivity index (χ2v) is 2.74. The van der Waals surface area contributed by atoms with Crippen molar-refractivity contribution in [3.05, 3.63) is 12.2 Å². The van der Waals surface area contributed by atoms with E-state index in [1.54, 1.807) is 0 Å². The van der Waals surface area contributed by atoms with Gasteiger partial charge in [0.15, 0.2) is 0 Å². The van der Waals surface area contributed by atoms with Crippen LogP contribution in [-0.4, -0.2) is 28.3 Å². The lowest BCUT2D eigenvalue weighted by molar-refractivity contribution is -0.135. The van der Waals surface area contributed by atoms with Crippen molar-refractivity contribution in [1.82, 2.24) is 10.4 Å². The molecule has 4 nitrogen and oxygen atoms in total. The summed E-state index contributed by atoms with van der Waals surface area (Å²) in [4.78, 5) is 11.0. The number of carbonyl (C=O) groups is 1. The molecule has 1 unspecified atom stereocenters. The number of amides is 1. The number of hydrogen-bond donors (Lipinski definition) is 2. The van der Waals surface area contributed by atoms with E-state index < -0.39 is 6.23 Å². The summed E-state index contributed by atoms with van der Waals surface area (Å²) < 4.78 is 0. The third-order valence-corrected chi connectivity index (χ3v) is 1.45. The normalized spacial score (nSPS) is 24.9. The maximum absolute atomic E-state index is 11.0. The molecular weight excluding hydrogens is 144 g/mol. The van der Waals surface area contributed by atoms with Crippen LogP contribution in [0.2, 0.25) is 0 Å². The van der Waals surface area contributed by atoms with Crippen molar-refractivity contribution >= 4 is 5.91 Å². The second-order valence-electron chi connectivity index (χ2n) is 2.74. The van der Waals surface area contributed by atoms with Gasteiger partial charge in [0.1, 0.15) is 6.23 Å². The number of hydrazine groups is 1. The Hall–Kier alpha value is -0.870. The first-order valence-corrected chi connectivity index (χ1v) is 3.57. The first-order chi connectivity index (χ1) is 5.11. The zero-order valence-electron chi connectivity index (χ0n) is 6.61. The Morgan fingerprint density at radius 2 is 2.36 bits per heavy atom. The van der Waals surface area contributed by atoms with Crippen LogP contribution in [-0.2, 0) is 4.79 Å². The molecule has 0 aliphatic carbocycles. The molecule has 0 fully saturated rings. The smallest absolute Gasteiger partial charge is 0.260 e. The number of aliphatic hydroxyl groups is 1. The highest BCUT2D eigenvalue weighted by molar-refractivity contribution is 5.88. The Balaban J connectivity index is 2.68. The van der Waals surface area contributed by atoms with Crippen LogP contribution in [0.3, 0.4) is 0 Å². The van der Waals surface area contributed by atoms with Gasteiger partial charge in [0.25, 0.3) is 5.91 Å². The van der Waals surface area contributed by atoms with E-state index in [4.69, 9.17) is 5.11 Å². The topological polar surface area (TPSA) is 52.6 Å². The molecule has 0 saturated heterocycles. The molecule has 0 saturated carbocycles. The van der Waals surface area contributed by atoms with Gasteiger partial charge in [0.05, 0.1) is 0 Å². The van der Waals surface area contributed by atoms with E-state index in [-0.39, 0.29) is 11.9 Å². The van der Waals surface area contributed by atoms with Gasteiger partial charge < -0.3 is 5.11 Å². The molecule has 1 aliphatic rings. The standard InChI is InChI=1S/C7H12N2O2/c1-5(2)9-7(11)4-3-6(10)8-9/h3-6,8,10H,1-2H3. The van der Waals surface area contributed by atoms with Crippen LogP contribution in [0.15, 0.2) is 12.2 Å². The predicted octanol–water partition coefficient (Wildman–Crippen LogP) is -0.384. The van der Waals surface area contributed by atoms with Crippen LogP contribution in [0, 0.1) is 0 Å². The molecule has 0 radical (unpaired) electrons. The summed E-state index contributed by atoms with van der Waals surface area (Å²) in [7, 11) is 0. The van der Waals surface area contributed by atoms with E-state index in [2.05, 4.69) is 5.43 Å². The fourth-order valence-corrected chi connectivity index (χ4v) is 0.906. The van der Waals surface area contributed by atoms with Gasteiger partial charge in [0.2, 0.25) is 0 Å². The molecule has 1 aliphatic heterocycles. The van der Waals surface area contributed by atoms with Crippen molar-refractivity contribution in [2.75, 3.05) is 0 Å². The molecule has 0 spiro atoms. The maximum atomic E-state index is 11.0. The largest absolute Gasteiger partial charge is 0.373 e. The van der Waals surface area contributed by atoms with E-state index in [1.807, 2.05) is 13.8 Å². The summed E-state index contributed by atoms with van der Waals surface area (Å²) in [6, 6.07) is 0.0575. The zero-order valence-corrected chi connectivity index (χ0v) is 6.61. The van der Waals surface area contributed by atoms with Crippen LogP contribution in [0.25, 0.3) is 0 Å². The maximum Gasteiger partial charge on any atom is 0.260 e. The van der Waals surface area contributed by atoms with E-state index in [1.165, 1.54) is 17.2 Å². The monoisotopic (exact) mass is 156 g/mol. The molecule has 1 amide bonds. The van der Waals surface area contributed by atoms with Gasteiger partial charge in [0, 0.05) is 12.1 Å². The number of aliphatic hydroxyl groups excluding tert-OH is 1. The first kappa shape index (κ1) is 8.23. The number of rotatable bonds is 1. The Kier molecular flexibility index (Phi) is 2.26. The molecule has 1 rings (SSSR count). The van der Waals surface area contributed by atoms with Crippen molar-refractivity contribution in [2.45, 2.75) is 26.1 Å². The lowest BCUT2D eigenvalue weighted by Gasteiger charge is -2.30. The number of nitrogens with zero attached hydrogens (tertiary/aromatic N) is 1. The third kappa shape index (κ3) is 1.78. The molecule has 0 aromatic carbocycles. The minimum Gasteiger partial charge on any atom is -0.373 e. The van der Waals surface area contributed by atoms with Gasteiger partial charge in [-0.15, -0.1) is 0 Å². The van der Waals surface area contributed by atoms with Crippen molar-refractivity contribution in [2.24, 2.45) is 0 Å². The Morgan fingerprint density at radius 3 is 2.82 bits per heavy atom. The van der Waals surface area contributed by atoms with Gasteiger partial charge in [-0.25, -0.2) is 0 Å². The number of nitrogens with one attached hydrogen (secondary N) is 1. The SMILES string of the molecule is CC(C)N1NC(O)C=CC1=O. The van der Waals surface area contributed by atoms with Crippen molar-refractivity contribution < 1.29 is 9.90 Å². The summed E-state index contributed by atoms with van der Waals surface area (Å²) in [5.74, 6) is -0.120. The van der Waals surface area contributed by atoms with E-state index in [0.29, 0.717) is 0 Å². The summed E-state index contributed by atoms with van der Waals surface area (Å²) in [5.41, 5.74) is 2.62. The predicted molar refractivity (Wildman–Crippen MR) is 40.3 cm³/mol. The average molecular weight is 156 g/mol. The summed E-state index contributed by atoms with van der Waals surface area (Å²) in [6.07, 6.45) is 2.04. The Bertz CT molecular complexity index is 189. The van der Waals surface area contributed by atoms with Gasteiger partial charge in [-0.1, -0.05) is 0 Å². The Morgan fingerprint density at radius 1 is 1.73 bits per heavy atom. The quantitative estimate of drug-likeness (QED) is 0.544. The molecule has 0 bridgehead atoms. The second kappa shape index (κ2) is 3.02. The van der Waals surface area contributed by atoms with Crippen LogP contribution < -0.4 is 5.43 Å². The van der Waals surface area contributed by atoms with Crippen molar-refractivity contribution in [3.63, 3.8) is 0 Å². The minimum absolute atomic E-state index is 0.0575. The molecule has 4 heteroatoms. The van der Waals surface area contributed by atoms with Crippen molar-refractivity contribution in [3.8, 4) is 0 Å². The zero-order chi connectivity index (χ0) is 8.43. The van der Waals surface area contributed by atoms with Gasteiger partial charge >= 0.3 is 0 Å². The van der Waals surface area contributed by atoms with Crippen LogP contribution in [0.4, 0.5) is 0 Å². The van der Waals surface area contributed by atoms with E-state index in [0.717, 1.165) is 0 Å². The van der Waals surface area contributed by atoms with Gasteiger partial charge in [-0.05, 0) is 19.9 Å². The lowest BCUT2D eigenvalue weighted by atomic mass is 10.3. The molecule has 0 aromatic heterocycles. The molecule has 11 heavy (non-hydrogen) atoms. The summed E-state index contributed by atoms with van der Waals surface area (Å²) >= 11 is 0.